The fourth-order valence-electron chi connectivity index (χ4n) is 4.01. The van der Waals surface area contributed by atoms with E-state index in [1.54, 1.807) is 28.8 Å². The van der Waals surface area contributed by atoms with Gasteiger partial charge in [0.15, 0.2) is 20.8 Å². The van der Waals surface area contributed by atoms with Gasteiger partial charge in [0.05, 0.1) is 10.6 Å². The maximum Gasteiger partial charge on any atom is 0.234 e. The van der Waals surface area contributed by atoms with Crippen molar-refractivity contribution in [1.82, 2.24) is 14.8 Å². The van der Waals surface area contributed by atoms with E-state index in [4.69, 9.17) is 0 Å². The lowest BCUT2D eigenvalue weighted by Gasteiger charge is -2.13. The third-order valence-corrected chi connectivity index (χ3v) is 8.25. The van der Waals surface area contributed by atoms with Gasteiger partial charge < -0.3 is 5.32 Å². The first kappa shape index (κ1) is 25.7. The van der Waals surface area contributed by atoms with Gasteiger partial charge in [0.2, 0.25) is 5.91 Å². The number of carbonyl (C=O) groups excluding carboxylic acids is 1. The van der Waals surface area contributed by atoms with Crippen LogP contribution in [-0.4, -0.2) is 34.8 Å². The Morgan fingerprint density at radius 2 is 1.53 bits per heavy atom. The Bertz CT molecular complexity index is 1470. The lowest BCUT2D eigenvalue weighted by Crippen LogP contribution is -2.16. The summed E-state index contributed by atoms with van der Waals surface area (Å²) in [5.74, 6) is -0.101. The minimum atomic E-state index is -3.64. The molecular formula is C27H28N4O3S2. The van der Waals surface area contributed by atoms with Crippen LogP contribution >= 0.6 is 11.8 Å². The van der Waals surface area contributed by atoms with Gasteiger partial charge >= 0.3 is 0 Å². The van der Waals surface area contributed by atoms with Crippen molar-refractivity contribution in [2.24, 2.45) is 0 Å². The number of hydrogen-bond acceptors (Lipinski definition) is 6. The van der Waals surface area contributed by atoms with Crippen molar-refractivity contribution >= 4 is 33.2 Å². The van der Waals surface area contributed by atoms with Crippen molar-refractivity contribution in [2.45, 2.75) is 43.5 Å². The molecule has 7 nitrogen and oxygen atoms in total. The third kappa shape index (κ3) is 5.85. The molecular weight excluding hydrogens is 492 g/mol. The highest BCUT2D eigenvalue weighted by molar-refractivity contribution is 7.99. The summed E-state index contributed by atoms with van der Waals surface area (Å²) in [5.41, 5.74) is 5.66. The molecule has 0 radical (unpaired) electrons. The van der Waals surface area contributed by atoms with Gasteiger partial charge in [0.1, 0.15) is 5.75 Å². The van der Waals surface area contributed by atoms with Gasteiger partial charge in [0, 0.05) is 11.4 Å². The molecule has 1 amide bonds. The largest absolute Gasteiger partial charge is 0.325 e. The van der Waals surface area contributed by atoms with Crippen LogP contribution in [0.3, 0.4) is 0 Å². The molecule has 1 heterocycles. The SMILES string of the molecule is Cc1ccc(S(=O)(=O)Cc2nnc(SCC(=O)Nc3c(C)cc(C)cc3C)n2-c2ccccc2)cc1. The molecule has 0 saturated heterocycles. The van der Waals surface area contributed by atoms with Crippen LogP contribution in [0.15, 0.2) is 76.8 Å². The predicted molar refractivity (Wildman–Crippen MR) is 143 cm³/mol. The molecule has 0 saturated carbocycles. The van der Waals surface area contributed by atoms with E-state index >= 15 is 0 Å². The number of anilines is 1. The number of para-hydroxylation sites is 1. The Kier molecular flexibility index (Phi) is 7.61. The second-order valence-corrected chi connectivity index (χ2v) is 11.7. The molecule has 0 aliphatic heterocycles. The smallest absolute Gasteiger partial charge is 0.234 e. The Labute approximate surface area is 215 Å². The number of hydrogen-bond donors (Lipinski definition) is 1. The average molecular weight is 521 g/mol. The molecule has 4 rings (SSSR count). The van der Waals surface area contributed by atoms with Crippen molar-refractivity contribution in [3.63, 3.8) is 0 Å². The molecule has 3 aromatic carbocycles. The number of nitrogens with zero attached hydrogens (tertiary/aromatic N) is 3. The maximum absolute atomic E-state index is 13.1. The number of aryl methyl sites for hydroxylation is 4. The molecule has 0 aliphatic carbocycles. The minimum Gasteiger partial charge on any atom is -0.325 e. The van der Waals surface area contributed by atoms with Crippen LogP contribution in [0.2, 0.25) is 0 Å². The number of nitrogens with one attached hydrogen (secondary N) is 1. The second-order valence-electron chi connectivity index (χ2n) is 8.75. The molecule has 0 aliphatic rings. The highest BCUT2D eigenvalue weighted by Gasteiger charge is 2.23. The minimum absolute atomic E-state index is 0.0996. The lowest BCUT2D eigenvalue weighted by atomic mass is 10.1. The van der Waals surface area contributed by atoms with Gasteiger partial charge in [-0.2, -0.15) is 0 Å². The first-order valence-electron chi connectivity index (χ1n) is 11.4. The number of amides is 1. The fourth-order valence-corrected chi connectivity index (χ4v) is 6.02. The van der Waals surface area contributed by atoms with Crippen LogP contribution in [0, 0.1) is 27.7 Å². The van der Waals surface area contributed by atoms with Crippen molar-refractivity contribution in [3.8, 4) is 5.69 Å². The molecule has 36 heavy (non-hydrogen) atoms. The normalized spacial score (nSPS) is 11.4. The van der Waals surface area contributed by atoms with Crippen LogP contribution in [0.5, 0.6) is 0 Å². The first-order chi connectivity index (χ1) is 17.1. The van der Waals surface area contributed by atoms with Crippen molar-refractivity contribution in [2.75, 3.05) is 11.1 Å². The fraction of sp³-hybridized carbons (Fsp3) is 0.222. The Morgan fingerprint density at radius 3 is 2.17 bits per heavy atom. The van der Waals surface area contributed by atoms with E-state index in [0.29, 0.717) is 5.16 Å². The molecule has 1 N–H and O–H groups in total. The number of benzene rings is 3. The van der Waals surface area contributed by atoms with Crippen LogP contribution < -0.4 is 5.32 Å². The van der Waals surface area contributed by atoms with Gasteiger partial charge in [-0.05, 0) is 63.1 Å². The molecule has 186 valence electrons. The maximum atomic E-state index is 13.1. The molecule has 0 unspecified atom stereocenters. The summed E-state index contributed by atoms with van der Waals surface area (Å²) in [6.45, 7) is 7.86. The van der Waals surface area contributed by atoms with Crippen LogP contribution in [0.1, 0.15) is 28.1 Å². The zero-order chi connectivity index (χ0) is 25.9. The zero-order valence-electron chi connectivity index (χ0n) is 20.6. The number of rotatable bonds is 8. The second kappa shape index (κ2) is 10.7. The Morgan fingerprint density at radius 1 is 0.889 bits per heavy atom. The molecule has 0 bridgehead atoms. The van der Waals surface area contributed by atoms with E-state index in [-0.39, 0.29) is 28.1 Å². The monoisotopic (exact) mass is 520 g/mol. The predicted octanol–water partition coefficient (Wildman–Crippen LogP) is 5.21. The van der Waals surface area contributed by atoms with E-state index in [0.717, 1.165) is 33.6 Å². The molecule has 0 spiro atoms. The van der Waals surface area contributed by atoms with Crippen LogP contribution in [-0.2, 0) is 20.4 Å². The molecule has 0 atom stereocenters. The first-order valence-corrected chi connectivity index (χ1v) is 14.1. The van der Waals surface area contributed by atoms with E-state index < -0.39 is 9.84 Å². The van der Waals surface area contributed by atoms with Gasteiger partial charge in [-0.15, -0.1) is 10.2 Å². The lowest BCUT2D eigenvalue weighted by molar-refractivity contribution is -0.113. The Balaban J connectivity index is 1.58. The topological polar surface area (TPSA) is 94.0 Å². The van der Waals surface area contributed by atoms with Crippen molar-refractivity contribution in [1.29, 1.82) is 0 Å². The highest BCUT2D eigenvalue weighted by atomic mass is 32.2. The van der Waals surface area contributed by atoms with E-state index in [9.17, 15) is 13.2 Å². The number of sulfone groups is 1. The van der Waals surface area contributed by atoms with Crippen molar-refractivity contribution in [3.05, 3.63) is 94.8 Å². The summed E-state index contributed by atoms with van der Waals surface area (Å²) in [6.07, 6.45) is 0. The highest BCUT2D eigenvalue weighted by Crippen LogP contribution is 2.26. The summed E-state index contributed by atoms with van der Waals surface area (Å²) in [7, 11) is -3.64. The summed E-state index contributed by atoms with van der Waals surface area (Å²) in [5, 5.41) is 11.9. The Hall–Kier alpha value is -3.43. The molecule has 0 fully saturated rings. The van der Waals surface area contributed by atoms with Gasteiger partial charge in [-0.25, -0.2) is 8.42 Å². The third-order valence-electron chi connectivity index (χ3n) is 5.69. The summed E-state index contributed by atoms with van der Waals surface area (Å²) >= 11 is 1.21. The van der Waals surface area contributed by atoms with Crippen LogP contribution in [0.4, 0.5) is 5.69 Å². The number of thioether (sulfide) groups is 1. The summed E-state index contributed by atoms with van der Waals surface area (Å²) in [6, 6.07) is 20.1. The van der Waals surface area contributed by atoms with E-state index in [1.165, 1.54) is 11.8 Å². The summed E-state index contributed by atoms with van der Waals surface area (Å²) < 4.78 is 27.9. The van der Waals surface area contributed by atoms with Gasteiger partial charge in [-0.1, -0.05) is 65.4 Å². The number of carbonyl (C=O) groups is 1. The van der Waals surface area contributed by atoms with Crippen molar-refractivity contribution < 1.29 is 13.2 Å². The molecule has 9 heteroatoms. The van der Waals surface area contributed by atoms with Gasteiger partial charge in [-0.3, -0.25) is 9.36 Å². The number of aromatic nitrogens is 3. The molecule has 1 aromatic heterocycles. The van der Waals surface area contributed by atoms with E-state index in [1.807, 2.05) is 70.2 Å². The van der Waals surface area contributed by atoms with Crippen LogP contribution in [0.25, 0.3) is 5.69 Å². The average Bonchev–Trinajstić information content (AvgIpc) is 3.22. The quantitative estimate of drug-likeness (QED) is 0.321. The standard InChI is InChI=1S/C27H28N4O3S2/c1-18-10-12-23(13-11-18)36(33,34)17-24-29-30-27(31(24)22-8-6-5-7-9-22)35-16-25(32)28-26-20(3)14-19(2)15-21(26)4/h5-15H,16-17H2,1-4H3,(H,28,32). The van der Waals surface area contributed by atoms with E-state index in [2.05, 4.69) is 15.5 Å². The van der Waals surface area contributed by atoms with Gasteiger partial charge in [0.25, 0.3) is 0 Å². The zero-order valence-corrected chi connectivity index (χ0v) is 22.3. The summed E-state index contributed by atoms with van der Waals surface area (Å²) in [4.78, 5) is 13.0. The molecule has 4 aromatic rings.